The minimum Gasteiger partial charge on any atom is -0.396 e. The van der Waals surface area contributed by atoms with Crippen LogP contribution in [0.5, 0.6) is 0 Å². The highest BCUT2D eigenvalue weighted by Gasteiger charge is 2.12. The molecule has 0 aliphatic carbocycles. The Labute approximate surface area is 83.0 Å². The highest BCUT2D eigenvalue weighted by molar-refractivity contribution is 5.12. The first-order valence-corrected chi connectivity index (χ1v) is 4.59. The van der Waals surface area contributed by atoms with Crippen LogP contribution < -0.4 is 0 Å². The van der Waals surface area contributed by atoms with Gasteiger partial charge in [-0.1, -0.05) is 5.21 Å². The number of aromatic nitrogens is 3. The molecule has 5 heteroatoms. The molecule has 1 atom stereocenters. The zero-order chi connectivity index (χ0) is 10.6. The largest absolute Gasteiger partial charge is 0.396 e. The molecule has 0 saturated carbocycles. The average molecular weight is 194 g/mol. The molecular weight excluding hydrogens is 180 g/mol. The molecule has 76 valence electrons. The first kappa shape index (κ1) is 10.7. The maximum atomic E-state index is 8.79. The summed E-state index contributed by atoms with van der Waals surface area (Å²) in [5.74, 6) is 0. The van der Waals surface area contributed by atoms with Crippen LogP contribution in [0.15, 0.2) is 0 Å². The lowest BCUT2D eigenvalue weighted by Crippen LogP contribution is -2.10. The molecule has 1 heterocycles. The van der Waals surface area contributed by atoms with Gasteiger partial charge in [-0.15, -0.1) is 5.10 Å². The summed E-state index contributed by atoms with van der Waals surface area (Å²) >= 11 is 0. The van der Waals surface area contributed by atoms with Crippen LogP contribution in [0.1, 0.15) is 30.8 Å². The maximum Gasteiger partial charge on any atom is 0.0996 e. The second-order valence-corrected chi connectivity index (χ2v) is 3.26. The SMILES string of the molecule is Cc1c(CC#N)nnn1C(C)CCO. The molecule has 0 radical (unpaired) electrons. The van der Waals surface area contributed by atoms with Crippen LogP contribution in [0.3, 0.4) is 0 Å². The molecule has 1 aromatic rings. The normalized spacial score (nSPS) is 12.4. The van der Waals surface area contributed by atoms with E-state index in [1.807, 2.05) is 19.9 Å². The fourth-order valence-corrected chi connectivity index (χ4v) is 1.34. The van der Waals surface area contributed by atoms with Crippen molar-refractivity contribution in [2.45, 2.75) is 32.7 Å². The number of rotatable bonds is 4. The summed E-state index contributed by atoms with van der Waals surface area (Å²) in [4.78, 5) is 0. The second-order valence-electron chi connectivity index (χ2n) is 3.26. The van der Waals surface area contributed by atoms with Gasteiger partial charge in [-0.3, -0.25) is 0 Å². The minimum absolute atomic E-state index is 0.125. The predicted molar refractivity (Wildman–Crippen MR) is 50.5 cm³/mol. The molecule has 1 N–H and O–H groups in total. The van der Waals surface area contributed by atoms with E-state index in [9.17, 15) is 0 Å². The Balaban J connectivity index is 2.84. The summed E-state index contributed by atoms with van der Waals surface area (Å²) in [6.07, 6.45) is 0.938. The van der Waals surface area contributed by atoms with Gasteiger partial charge in [0.1, 0.15) is 0 Å². The van der Waals surface area contributed by atoms with E-state index < -0.39 is 0 Å². The van der Waals surface area contributed by atoms with Gasteiger partial charge < -0.3 is 5.11 Å². The highest BCUT2D eigenvalue weighted by Crippen LogP contribution is 2.13. The summed E-state index contributed by atoms with van der Waals surface area (Å²) < 4.78 is 1.75. The zero-order valence-corrected chi connectivity index (χ0v) is 8.43. The van der Waals surface area contributed by atoms with Gasteiger partial charge in [0, 0.05) is 6.61 Å². The Morgan fingerprint density at radius 2 is 2.36 bits per heavy atom. The number of aliphatic hydroxyl groups excluding tert-OH is 1. The van der Waals surface area contributed by atoms with Gasteiger partial charge >= 0.3 is 0 Å². The van der Waals surface area contributed by atoms with Crippen LogP contribution in [-0.4, -0.2) is 26.7 Å². The van der Waals surface area contributed by atoms with Crippen LogP contribution in [0, 0.1) is 18.3 Å². The molecule has 0 amide bonds. The highest BCUT2D eigenvalue weighted by atomic mass is 16.3. The molecule has 0 aliphatic rings. The lowest BCUT2D eigenvalue weighted by molar-refractivity contribution is 0.255. The first-order valence-electron chi connectivity index (χ1n) is 4.59. The van der Waals surface area contributed by atoms with E-state index in [1.54, 1.807) is 4.68 Å². The smallest absolute Gasteiger partial charge is 0.0996 e. The Kier molecular flexibility index (Phi) is 3.60. The van der Waals surface area contributed by atoms with Crippen molar-refractivity contribution in [3.05, 3.63) is 11.4 Å². The van der Waals surface area contributed by atoms with E-state index in [1.165, 1.54) is 0 Å². The lowest BCUT2D eigenvalue weighted by Gasteiger charge is -2.11. The monoisotopic (exact) mass is 194 g/mol. The van der Waals surface area contributed by atoms with Crippen molar-refractivity contribution in [1.29, 1.82) is 5.26 Å². The van der Waals surface area contributed by atoms with Crippen LogP contribution >= 0.6 is 0 Å². The van der Waals surface area contributed by atoms with Gasteiger partial charge in [0.05, 0.1) is 29.9 Å². The number of nitrogens with zero attached hydrogens (tertiary/aromatic N) is 4. The molecule has 1 aromatic heterocycles. The molecule has 0 bridgehead atoms. The van der Waals surface area contributed by atoms with Gasteiger partial charge in [0.15, 0.2) is 0 Å². The van der Waals surface area contributed by atoms with Crippen molar-refractivity contribution in [3.8, 4) is 6.07 Å². The van der Waals surface area contributed by atoms with Crippen molar-refractivity contribution >= 4 is 0 Å². The summed E-state index contributed by atoms with van der Waals surface area (Å²) in [6, 6.07) is 2.17. The van der Waals surface area contributed by atoms with Crippen molar-refractivity contribution in [2.24, 2.45) is 0 Å². The quantitative estimate of drug-likeness (QED) is 0.761. The molecule has 14 heavy (non-hydrogen) atoms. The van der Waals surface area contributed by atoms with E-state index in [0.29, 0.717) is 6.42 Å². The molecule has 0 fully saturated rings. The van der Waals surface area contributed by atoms with Crippen molar-refractivity contribution in [1.82, 2.24) is 15.0 Å². The molecule has 5 nitrogen and oxygen atoms in total. The third-order valence-electron chi connectivity index (χ3n) is 2.23. The van der Waals surface area contributed by atoms with Gasteiger partial charge in [0.25, 0.3) is 0 Å². The molecule has 0 aliphatic heterocycles. The molecule has 1 rings (SSSR count). The summed E-state index contributed by atoms with van der Waals surface area (Å²) in [6.45, 7) is 3.99. The Morgan fingerprint density at radius 1 is 1.64 bits per heavy atom. The van der Waals surface area contributed by atoms with E-state index in [2.05, 4.69) is 10.3 Å². The number of nitriles is 1. The van der Waals surface area contributed by atoms with Gasteiger partial charge in [-0.05, 0) is 20.3 Å². The van der Waals surface area contributed by atoms with Crippen LogP contribution in [0.4, 0.5) is 0 Å². The van der Waals surface area contributed by atoms with Crippen molar-refractivity contribution < 1.29 is 5.11 Å². The Bertz CT molecular complexity index is 339. The second kappa shape index (κ2) is 4.72. The topological polar surface area (TPSA) is 74.7 Å². The first-order chi connectivity index (χ1) is 6.70. The Morgan fingerprint density at radius 3 is 2.93 bits per heavy atom. The molecule has 0 aromatic carbocycles. The fourth-order valence-electron chi connectivity index (χ4n) is 1.34. The van der Waals surface area contributed by atoms with Gasteiger partial charge in [-0.2, -0.15) is 5.26 Å². The summed E-state index contributed by atoms with van der Waals surface area (Å²) in [7, 11) is 0. The van der Waals surface area contributed by atoms with Crippen molar-refractivity contribution in [2.75, 3.05) is 6.61 Å². The van der Waals surface area contributed by atoms with Crippen LogP contribution in [0.2, 0.25) is 0 Å². The van der Waals surface area contributed by atoms with E-state index in [-0.39, 0.29) is 19.1 Å². The number of hydrogen-bond acceptors (Lipinski definition) is 4. The lowest BCUT2D eigenvalue weighted by atomic mass is 10.2. The third kappa shape index (κ3) is 2.09. The Hall–Kier alpha value is -1.41. The number of hydrogen-bond donors (Lipinski definition) is 1. The maximum absolute atomic E-state index is 8.79. The standard InChI is InChI=1S/C9H14N4O/c1-7(4-6-14)13-8(2)9(3-5-10)11-12-13/h7,14H,3-4,6H2,1-2H3. The summed E-state index contributed by atoms with van der Waals surface area (Å²) in [5, 5.41) is 25.2. The predicted octanol–water partition coefficient (Wildman–Crippen LogP) is 0.596. The zero-order valence-electron chi connectivity index (χ0n) is 8.43. The molecular formula is C9H14N4O. The van der Waals surface area contributed by atoms with E-state index in [4.69, 9.17) is 10.4 Å². The van der Waals surface area contributed by atoms with Gasteiger partial charge in [0.2, 0.25) is 0 Å². The molecule has 1 unspecified atom stereocenters. The average Bonchev–Trinajstić information content (AvgIpc) is 2.49. The van der Waals surface area contributed by atoms with Crippen LogP contribution in [0.25, 0.3) is 0 Å². The number of aliphatic hydroxyl groups is 1. The molecule has 0 spiro atoms. The van der Waals surface area contributed by atoms with Crippen LogP contribution in [-0.2, 0) is 6.42 Å². The van der Waals surface area contributed by atoms with Gasteiger partial charge in [-0.25, -0.2) is 4.68 Å². The molecule has 0 saturated heterocycles. The third-order valence-corrected chi connectivity index (χ3v) is 2.23. The van der Waals surface area contributed by atoms with E-state index >= 15 is 0 Å². The summed E-state index contributed by atoms with van der Waals surface area (Å²) in [5.41, 5.74) is 1.63. The minimum atomic E-state index is 0.125. The fraction of sp³-hybridized carbons (Fsp3) is 0.667. The van der Waals surface area contributed by atoms with E-state index in [0.717, 1.165) is 11.4 Å². The van der Waals surface area contributed by atoms with Crippen molar-refractivity contribution in [3.63, 3.8) is 0 Å².